The number of aromatic nitrogens is 4. The summed E-state index contributed by atoms with van der Waals surface area (Å²) >= 11 is 0. The minimum Gasteiger partial charge on any atom is -0.396 e. The van der Waals surface area contributed by atoms with Crippen molar-refractivity contribution in [2.45, 2.75) is 12.3 Å². The van der Waals surface area contributed by atoms with E-state index in [0.29, 0.717) is 17.8 Å². The molecule has 1 saturated heterocycles. The number of ether oxygens (including phenoxy) is 1. The van der Waals surface area contributed by atoms with Crippen molar-refractivity contribution in [3.63, 3.8) is 0 Å². The van der Waals surface area contributed by atoms with E-state index in [4.69, 9.17) is 15.6 Å². The molecule has 96 valence electrons. The van der Waals surface area contributed by atoms with Gasteiger partial charge in [-0.15, -0.1) is 0 Å². The summed E-state index contributed by atoms with van der Waals surface area (Å²) < 4.78 is 7.08. The van der Waals surface area contributed by atoms with E-state index in [1.807, 2.05) is 0 Å². The van der Waals surface area contributed by atoms with E-state index in [1.54, 1.807) is 4.57 Å². The van der Waals surface area contributed by atoms with Crippen LogP contribution in [0.3, 0.4) is 0 Å². The predicted molar refractivity (Wildman–Crippen MR) is 61.3 cm³/mol. The molecule has 0 radical (unpaired) electrons. The van der Waals surface area contributed by atoms with Gasteiger partial charge >= 0.3 is 0 Å². The summed E-state index contributed by atoms with van der Waals surface area (Å²) in [5, 5.41) is 19.1. The van der Waals surface area contributed by atoms with Gasteiger partial charge in [-0.25, -0.2) is 15.0 Å². The van der Waals surface area contributed by atoms with E-state index in [1.165, 1.54) is 12.7 Å². The Morgan fingerprint density at radius 1 is 1.44 bits per heavy atom. The minimum absolute atomic E-state index is 0.124. The smallest absolute Gasteiger partial charge is 0.167 e. The number of hydrogen-bond donors (Lipinski definition) is 3. The second-order valence-corrected chi connectivity index (χ2v) is 4.24. The lowest BCUT2D eigenvalue weighted by molar-refractivity contribution is -0.0108. The van der Waals surface area contributed by atoms with Crippen molar-refractivity contribution in [3.05, 3.63) is 12.7 Å². The van der Waals surface area contributed by atoms with Gasteiger partial charge in [-0.1, -0.05) is 0 Å². The molecule has 1 fully saturated rings. The molecule has 4 N–H and O–H groups in total. The summed E-state index contributed by atoms with van der Waals surface area (Å²) in [6.07, 6.45) is 1.43. The van der Waals surface area contributed by atoms with Gasteiger partial charge in [0, 0.05) is 5.92 Å². The van der Waals surface area contributed by atoms with Crippen molar-refractivity contribution < 1.29 is 14.9 Å². The van der Waals surface area contributed by atoms with Crippen LogP contribution in [0.1, 0.15) is 6.23 Å². The maximum atomic E-state index is 10.0. The Hall–Kier alpha value is -1.77. The summed E-state index contributed by atoms with van der Waals surface area (Å²) in [7, 11) is 0. The fraction of sp³-hybridized carbons (Fsp3) is 0.500. The van der Waals surface area contributed by atoms with Crippen LogP contribution in [0.15, 0.2) is 12.7 Å². The van der Waals surface area contributed by atoms with Gasteiger partial charge in [-0.2, -0.15) is 0 Å². The zero-order valence-electron chi connectivity index (χ0n) is 9.47. The van der Waals surface area contributed by atoms with Crippen LogP contribution in [-0.2, 0) is 4.74 Å². The zero-order chi connectivity index (χ0) is 12.7. The Morgan fingerprint density at radius 2 is 2.28 bits per heavy atom. The highest BCUT2D eigenvalue weighted by Gasteiger charge is 2.37. The molecule has 0 bridgehead atoms. The van der Waals surface area contributed by atoms with Gasteiger partial charge in [0.2, 0.25) is 0 Å². The first-order valence-electron chi connectivity index (χ1n) is 5.56. The molecular weight excluding hydrogens is 238 g/mol. The zero-order valence-corrected chi connectivity index (χ0v) is 9.47. The maximum Gasteiger partial charge on any atom is 0.167 e. The fourth-order valence-corrected chi connectivity index (χ4v) is 2.11. The van der Waals surface area contributed by atoms with E-state index in [2.05, 4.69) is 15.0 Å². The predicted octanol–water partition coefficient (Wildman–Crippen LogP) is -1.09. The molecule has 8 nitrogen and oxygen atoms in total. The molecule has 8 heteroatoms. The molecule has 3 heterocycles. The first-order chi connectivity index (χ1) is 8.72. The minimum atomic E-state index is -0.802. The number of aliphatic hydroxyl groups is 2. The first-order valence-corrected chi connectivity index (χ1v) is 5.56. The molecule has 0 amide bonds. The Bertz CT molecular complexity index is 572. The molecule has 2 aromatic rings. The lowest BCUT2D eigenvalue weighted by atomic mass is 10.1. The van der Waals surface area contributed by atoms with Gasteiger partial charge in [-0.3, -0.25) is 4.57 Å². The largest absolute Gasteiger partial charge is 0.396 e. The van der Waals surface area contributed by atoms with Crippen LogP contribution in [0.2, 0.25) is 0 Å². The van der Waals surface area contributed by atoms with E-state index >= 15 is 0 Å². The molecule has 1 aliphatic heterocycles. The number of nitrogens with zero attached hydrogens (tertiary/aromatic N) is 4. The summed E-state index contributed by atoms with van der Waals surface area (Å²) in [5.41, 5.74) is 6.66. The SMILES string of the molecule is Nc1ncnc2c1ncn2[C@H]1OC[C@H](CO)[C@H]1O. The Kier molecular flexibility index (Phi) is 2.62. The lowest BCUT2D eigenvalue weighted by Gasteiger charge is -2.17. The van der Waals surface area contributed by atoms with Crippen LogP contribution in [0.5, 0.6) is 0 Å². The molecule has 1 aliphatic rings. The molecule has 0 spiro atoms. The van der Waals surface area contributed by atoms with Crippen LogP contribution < -0.4 is 5.73 Å². The van der Waals surface area contributed by atoms with Crippen LogP contribution in [-0.4, -0.2) is 49.0 Å². The lowest BCUT2D eigenvalue weighted by Crippen LogP contribution is -2.26. The summed E-state index contributed by atoms with van der Waals surface area (Å²) in [6.45, 7) is 0.171. The standard InChI is InChI=1S/C10H13N5O3/c11-8-6-9(13-3-12-8)15(4-14-6)10-7(17)5(1-16)2-18-10/h3-5,7,10,16-17H,1-2H2,(H2,11,12,13)/t5-,7+,10-/m0/s1. The highest BCUT2D eigenvalue weighted by Crippen LogP contribution is 2.30. The number of nitrogen functional groups attached to an aromatic ring is 1. The normalized spacial score (nSPS) is 28.0. The summed E-state index contributed by atoms with van der Waals surface area (Å²) in [5.74, 6) is -0.0171. The van der Waals surface area contributed by atoms with Gasteiger partial charge < -0.3 is 20.7 Å². The van der Waals surface area contributed by atoms with Crippen LogP contribution in [0.25, 0.3) is 11.2 Å². The third kappa shape index (κ3) is 1.54. The third-order valence-corrected chi connectivity index (χ3v) is 3.15. The van der Waals surface area contributed by atoms with Gasteiger partial charge in [0.15, 0.2) is 17.7 Å². The van der Waals surface area contributed by atoms with Gasteiger partial charge in [0.1, 0.15) is 17.9 Å². The molecule has 0 unspecified atom stereocenters. The number of hydrogen-bond acceptors (Lipinski definition) is 7. The summed E-state index contributed by atoms with van der Waals surface area (Å²) in [4.78, 5) is 12.0. The van der Waals surface area contributed by atoms with Gasteiger partial charge in [0.25, 0.3) is 0 Å². The maximum absolute atomic E-state index is 10.0. The average molecular weight is 251 g/mol. The second kappa shape index (κ2) is 4.16. The molecule has 18 heavy (non-hydrogen) atoms. The number of fused-ring (bicyclic) bond motifs is 1. The highest BCUT2D eigenvalue weighted by atomic mass is 16.5. The quantitative estimate of drug-likeness (QED) is 0.620. The third-order valence-electron chi connectivity index (χ3n) is 3.15. The molecule has 3 atom stereocenters. The number of anilines is 1. The van der Waals surface area contributed by atoms with Crippen LogP contribution >= 0.6 is 0 Å². The molecule has 2 aromatic heterocycles. The summed E-state index contributed by atoms with van der Waals surface area (Å²) in [6, 6.07) is 0. The fourth-order valence-electron chi connectivity index (χ4n) is 2.11. The van der Waals surface area contributed by atoms with Crippen LogP contribution in [0, 0.1) is 5.92 Å². The van der Waals surface area contributed by atoms with Crippen molar-refractivity contribution >= 4 is 17.0 Å². The number of imidazole rings is 1. The number of nitrogens with two attached hydrogens (primary N) is 1. The molecule has 3 rings (SSSR count). The Morgan fingerprint density at radius 3 is 3.00 bits per heavy atom. The average Bonchev–Trinajstić information content (AvgIpc) is 2.93. The molecular formula is C10H13N5O3. The van der Waals surface area contributed by atoms with E-state index in [0.717, 1.165) is 0 Å². The number of aliphatic hydroxyl groups excluding tert-OH is 2. The van der Waals surface area contributed by atoms with Crippen molar-refractivity contribution in [3.8, 4) is 0 Å². The van der Waals surface area contributed by atoms with E-state index in [-0.39, 0.29) is 18.3 Å². The highest BCUT2D eigenvalue weighted by molar-refractivity contribution is 5.81. The van der Waals surface area contributed by atoms with Crippen molar-refractivity contribution in [2.24, 2.45) is 5.92 Å². The number of rotatable bonds is 2. The van der Waals surface area contributed by atoms with E-state index < -0.39 is 12.3 Å². The topological polar surface area (TPSA) is 119 Å². The molecule has 0 aromatic carbocycles. The van der Waals surface area contributed by atoms with Crippen molar-refractivity contribution in [1.82, 2.24) is 19.5 Å². The van der Waals surface area contributed by atoms with Gasteiger partial charge in [-0.05, 0) is 0 Å². The van der Waals surface area contributed by atoms with Gasteiger partial charge in [0.05, 0.1) is 19.5 Å². The van der Waals surface area contributed by atoms with Crippen molar-refractivity contribution in [2.75, 3.05) is 18.9 Å². The molecule has 0 saturated carbocycles. The second-order valence-electron chi connectivity index (χ2n) is 4.24. The monoisotopic (exact) mass is 251 g/mol. The van der Waals surface area contributed by atoms with Crippen LogP contribution in [0.4, 0.5) is 5.82 Å². The van der Waals surface area contributed by atoms with E-state index in [9.17, 15) is 5.11 Å². The Balaban J connectivity index is 2.03. The molecule has 0 aliphatic carbocycles. The Labute approximate surface area is 102 Å². The van der Waals surface area contributed by atoms with Crippen molar-refractivity contribution in [1.29, 1.82) is 0 Å². The first kappa shape index (κ1) is 11.3.